The monoisotopic (exact) mass is 567 g/mol. The predicted molar refractivity (Wildman–Crippen MR) is 142 cm³/mol. The van der Waals surface area contributed by atoms with E-state index in [-0.39, 0.29) is 11.6 Å². The predicted octanol–water partition coefficient (Wildman–Crippen LogP) is 5.46. The summed E-state index contributed by atoms with van der Waals surface area (Å²) in [5, 5.41) is 14.1. The van der Waals surface area contributed by atoms with Gasteiger partial charge in [0.1, 0.15) is 10.7 Å². The van der Waals surface area contributed by atoms with E-state index >= 15 is 0 Å². The Morgan fingerprint density at radius 3 is 2.64 bits per heavy atom. The Morgan fingerprint density at radius 1 is 1.03 bits per heavy atom. The Kier molecular flexibility index (Phi) is 7.98. The molecular formula is C26H20F3N7OS2. The normalized spacial score (nSPS) is 11.5. The van der Waals surface area contributed by atoms with Crippen molar-refractivity contribution in [2.75, 3.05) is 6.54 Å². The highest BCUT2D eigenvalue weighted by molar-refractivity contribution is 7.98. The second-order valence-corrected chi connectivity index (χ2v) is 10.1. The van der Waals surface area contributed by atoms with E-state index < -0.39 is 11.7 Å². The third-order valence-corrected chi connectivity index (χ3v) is 7.48. The number of amides is 1. The second kappa shape index (κ2) is 11.7. The number of carbonyl (C=O) groups is 1. The fourth-order valence-corrected chi connectivity index (χ4v) is 5.40. The average molecular weight is 568 g/mol. The Balaban J connectivity index is 1.32. The molecule has 0 unspecified atom stereocenters. The van der Waals surface area contributed by atoms with Crippen LogP contribution in [0.3, 0.4) is 0 Å². The Hall–Kier alpha value is -4.10. The summed E-state index contributed by atoms with van der Waals surface area (Å²) in [4.78, 5) is 25.2. The zero-order valence-electron chi connectivity index (χ0n) is 20.2. The van der Waals surface area contributed by atoms with Crippen molar-refractivity contribution in [2.45, 2.75) is 23.5 Å². The second-order valence-electron chi connectivity index (χ2n) is 8.17. The smallest absolute Gasteiger partial charge is 0.350 e. The van der Waals surface area contributed by atoms with Crippen LogP contribution in [0.4, 0.5) is 13.2 Å². The molecule has 4 heterocycles. The number of benzene rings is 1. The molecule has 4 aromatic heterocycles. The summed E-state index contributed by atoms with van der Waals surface area (Å²) in [6.45, 7) is 0.426. The van der Waals surface area contributed by atoms with Crippen LogP contribution in [0.2, 0.25) is 0 Å². The minimum Gasteiger partial charge on any atom is -0.350 e. The summed E-state index contributed by atoms with van der Waals surface area (Å²) < 4.78 is 41.9. The topological polar surface area (TPSA) is 98.5 Å². The average Bonchev–Trinajstić information content (AvgIpc) is 3.60. The van der Waals surface area contributed by atoms with E-state index in [4.69, 9.17) is 0 Å². The van der Waals surface area contributed by atoms with Crippen molar-refractivity contribution in [3.05, 3.63) is 101 Å². The van der Waals surface area contributed by atoms with Crippen molar-refractivity contribution in [3.8, 4) is 17.1 Å². The van der Waals surface area contributed by atoms with Crippen molar-refractivity contribution in [1.29, 1.82) is 0 Å². The van der Waals surface area contributed by atoms with E-state index in [0.29, 0.717) is 46.0 Å². The fourth-order valence-electron chi connectivity index (χ4n) is 3.65. The van der Waals surface area contributed by atoms with Crippen molar-refractivity contribution in [3.63, 3.8) is 0 Å². The lowest BCUT2D eigenvalue weighted by Crippen LogP contribution is -2.26. The molecule has 0 fully saturated rings. The molecule has 0 bridgehead atoms. The molecule has 0 aliphatic rings. The lowest BCUT2D eigenvalue weighted by Gasteiger charge is -2.13. The van der Waals surface area contributed by atoms with Gasteiger partial charge in [0.05, 0.1) is 17.0 Å². The summed E-state index contributed by atoms with van der Waals surface area (Å²) in [6, 6.07) is 14.0. The van der Waals surface area contributed by atoms with Crippen molar-refractivity contribution >= 4 is 29.0 Å². The number of pyridine rings is 2. The van der Waals surface area contributed by atoms with E-state index in [2.05, 4.69) is 30.5 Å². The molecule has 0 radical (unpaired) electrons. The lowest BCUT2D eigenvalue weighted by atomic mass is 10.2. The molecule has 0 saturated heterocycles. The van der Waals surface area contributed by atoms with Crippen LogP contribution in [0, 0.1) is 0 Å². The molecule has 0 atom stereocenters. The van der Waals surface area contributed by atoms with Crippen LogP contribution < -0.4 is 5.32 Å². The minimum atomic E-state index is -4.50. The van der Waals surface area contributed by atoms with Crippen LogP contribution in [0.1, 0.15) is 26.8 Å². The lowest BCUT2D eigenvalue weighted by molar-refractivity contribution is -0.137. The first kappa shape index (κ1) is 26.5. The first-order chi connectivity index (χ1) is 18.9. The largest absolute Gasteiger partial charge is 0.416 e. The maximum absolute atomic E-state index is 13.4. The molecule has 1 N–H and O–H groups in total. The van der Waals surface area contributed by atoms with E-state index in [1.807, 2.05) is 18.2 Å². The zero-order valence-corrected chi connectivity index (χ0v) is 21.8. The summed E-state index contributed by atoms with van der Waals surface area (Å²) in [7, 11) is 0. The van der Waals surface area contributed by atoms with Gasteiger partial charge in [0.25, 0.3) is 5.91 Å². The number of thioether (sulfide) groups is 1. The third-order valence-electron chi connectivity index (χ3n) is 5.51. The Bertz CT molecular complexity index is 1560. The zero-order chi connectivity index (χ0) is 27.2. The molecule has 0 aliphatic heterocycles. The molecule has 39 heavy (non-hydrogen) atoms. The van der Waals surface area contributed by atoms with Crippen LogP contribution in [0.15, 0.2) is 83.7 Å². The van der Waals surface area contributed by atoms with Crippen molar-refractivity contribution in [2.24, 2.45) is 0 Å². The highest BCUT2D eigenvalue weighted by Gasteiger charge is 2.31. The van der Waals surface area contributed by atoms with E-state index in [1.165, 1.54) is 29.2 Å². The van der Waals surface area contributed by atoms with Gasteiger partial charge in [0.2, 0.25) is 0 Å². The molecule has 198 valence electrons. The number of rotatable bonds is 9. The first-order valence-corrected chi connectivity index (χ1v) is 13.5. The SMILES string of the molecule is O=C(NCCc1ccccn1)c1csc(CSc2nnc(-c3ccncc3)n2-c2cccc(C(F)(F)F)c2)n1. The minimum absolute atomic E-state index is 0.274. The van der Waals surface area contributed by atoms with Gasteiger partial charge in [-0.25, -0.2) is 4.98 Å². The number of aromatic nitrogens is 6. The highest BCUT2D eigenvalue weighted by atomic mass is 32.2. The summed E-state index contributed by atoms with van der Waals surface area (Å²) in [5.41, 5.74) is 1.33. The van der Waals surface area contributed by atoms with Crippen LogP contribution in [0.5, 0.6) is 0 Å². The number of nitrogens with zero attached hydrogens (tertiary/aromatic N) is 6. The first-order valence-electron chi connectivity index (χ1n) is 11.7. The Labute approximate surface area is 229 Å². The molecule has 13 heteroatoms. The van der Waals surface area contributed by atoms with Gasteiger partial charge in [-0.1, -0.05) is 23.9 Å². The summed E-state index contributed by atoms with van der Waals surface area (Å²) >= 11 is 2.58. The molecule has 0 saturated carbocycles. The van der Waals surface area contributed by atoms with Crippen LogP contribution in [-0.2, 0) is 18.3 Å². The van der Waals surface area contributed by atoms with Crippen LogP contribution in [-0.4, -0.2) is 42.2 Å². The number of hydrogen-bond donors (Lipinski definition) is 1. The van der Waals surface area contributed by atoms with Gasteiger partial charge in [0.15, 0.2) is 11.0 Å². The molecule has 0 spiro atoms. The maximum atomic E-state index is 13.4. The number of thiazole rings is 1. The third kappa shape index (κ3) is 6.49. The number of nitrogens with one attached hydrogen (secondary N) is 1. The van der Waals surface area contributed by atoms with Crippen LogP contribution >= 0.6 is 23.1 Å². The number of alkyl halides is 3. The quantitative estimate of drug-likeness (QED) is 0.236. The molecule has 5 rings (SSSR count). The Morgan fingerprint density at radius 2 is 1.87 bits per heavy atom. The van der Waals surface area contributed by atoms with Gasteiger partial charge in [-0.15, -0.1) is 21.5 Å². The summed E-state index contributed by atoms with van der Waals surface area (Å²) in [6.07, 6.45) is 0.959. The summed E-state index contributed by atoms with van der Waals surface area (Å²) in [5.74, 6) is 0.441. The number of halogens is 3. The number of hydrogen-bond acceptors (Lipinski definition) is 8. The van der Waals surface area contributed by atoms with E-state index in [1.54, 1.807) is 46.7 Å². The molecule has 1 amide bonds. The molecule has 5 aromatic rings. The van der Waals surface area contributed by atoms with Crippen molar-refractivity contribution < 1.29 is 18.0 Å². The molecule has 8 nitrogen and oxygen atoms in total. The van der Waals surface area contributed by atoms with Gasteiger partial charge in [-0.2, -0.15) is 13.2 Å². The maximum Gasteiger partial charge on any atom is 0.416 e. The van der Waals surface area contributed by atoms with E-state index in [9.17, 15) is 18.0 Å². The standard InChI is InChI=1S/C26H20F3N7OS2/c27-26(28,29)18-4-3-6-20(14-18)36-23(17-7-11-30-12-8-17)34-35-25(36)39-16-22-33-21(15-38-22)24(37)32-13-9-19-5-1-2-10-31-19/h1-8,10-12,14-15H,9,13,16H2,(H,32,37). The molecule has 0 aliphatic carbocycles. The van der Waals surface area contributed by atoms with Gasteiger partial charge >= 0.3 is 6.18 Å². The van der Waals surface area contributed by atoms with Gasteiger partial charge in [0, 0.05) is 48.2 Å². The molecular weight excluding hydrogens is 547 g/mol. The van der Waals surface area contributed by atoms with Gasteiger partial charge in [-0.3, -0.25) is 19.3 Å². The van der Waals surface area contributed by atoms with Crippen molar-refractivity contribution in [1.82, 2.24) is 35.0 Å². The van der Waals surface area contributed by atoms with Crippen LogP contribution in [0.25, 0.3) is 17.1 Å². The van der Waals surface area contributed by atoms with Gasteiger partial charge in [-0.05, 0) is 42.5 Å². The number of carbonyl (C=O) groups excluding carboxylic acids is 1. The van der Waals surface area contributed by atoms with E-state index in [0.717, 1.165) is 17.8 Å². The fraction of sp³-hybridized carbons (Fsp3) is 0.154. The highest BCUT2D eigenvalue weighted by Crippen LogP contribution is 2.34. The molecule has 1 aromatic carbocycles. The van der Waals surface area contributed by atoms with Gasteiger partial charge < -0.3 is 5.32 Å².